The smallest absolute Gasteiger partial charge is 0.159 e. The van der Waals surface area contributed by atoms with E-state index < -0.39 is 0 Å². The quantitative estimate of drug-likeness (QED) is 0.871. The largest absolute Gasteiger partial charge is 0.497 e. The zero-order valence-electron chi connectivity index (χ0n) is 10.3. The topological polar surface area (TPSA) is 47.0 Å². The van der Waals surface area contributed by atoms with Gasteiger partial charge >= 0.3 is 0 Å². The first-order valence-corrected chi connectivity index (χ1v) is 6.07. The van der Waals surface area contributed by atoms with E-state index in [4.69, 9.17) is 4.74 Å². The van der Waals surface area contributed by atoms with Crippen molar-refractivity contribution in [3.63, 3.8) is 0 Å². The lowest BCUT2D eigenvalue weighted by Crippen LogP contribution is -2.25. The van der Waals surface area contributed by atoms with E-state index in [9.17, 15) is 0 Å². The third-order valence-corrected chi connectivity index (χ3v) is 3.15. The van der Waals surface area contributed by atoms with Crippen LogP contribution >= 0.6 is 0 Å². The zero-order valence-corrected chi connectivity index (χ0v) is 10.3. The van der Waals surface area contributed by atoms with Crippen LogP contribution in [0.3, 0.4) is 0 Å². The summed E-state index contributed by atoms with van der Waals surface area (Å²) in [4.78, 5) is 9.07. The molecule has 0 fully saturated rings. The van der Waals surface area contributed by atoms with E-state index in [1.165, 1.54) is 5.56 Å². The summed E-state index contributed by atoms with van der Waals surface area (Å²) in [5.41, 5.74) is 3.34. The molecular weight excluding hydrogens is 226 g/mol. The molecule has 0 unspecified atom stereocenters. The van der Waals surface area contributed by atoms with Gasteiger partial charge in [-0.05, 0) is 30.7 Å². The van der Waals surface area contributed by atoms with E-state index in [0.29, 0.717) is 0 Å². The second-order valence-electron chi connectivity index (χ2n) is 4.32. The molecule has 0 aliphatic carbocycles. The molecule has 2 aromatic rings. The molecule has 0 saturated carbocycles. The van der Waals surface area contributed by atoms with Gasteiger partial charge in [0.1, 0.15) is 5.75 Å². The molecule has 1 aliphatic heterocycles. The van der Waals surface area contributed by atoms with E-state index in [1.807, 2.05) is 30.5 Å². The van der Waals surface area contributed by atoms with Gasteiger partial charge in [0.05, 0.1) is 12.8 Å². The molecule has 3 rings (SSSR count). The van der Waals surface area contributed by atoms with Crippen LogP contribution in [0.2, 0.25) is 0 Å². The van der Waals surface area contributed by atoms with Gasteiger partial charge in [0, 0.05) is 18.3 Å². The molecule has 4 heteroatoms. The number of aromatic nitrogens is 2. The monoisotopic (exact) mass is 241 g/mol. The Labute approximate surface area is 106 Å². The van der Waals surface area contributed by atoms with Crippen LogP contribution in [-0.4, -0.2) is 23.6 Å². The van der Waals surface area contributed by atoms with Gasteiger partial charge < -0.3 is 10.1 Å². The van der Waals surface area contributed by atoms with Crippen molar-refractivity contribution in [3.05, 3.63) is 41.7 Å². The van der Waals surface area contributed by atoms with E-state index >= 15 is 0 Å². The number of hydrogen-bond acceptors (Lipinski definition) is 4. The lowest BCUT2D eigenvalue weighted by molar-refractivity contribution is 0.415. The summed E-state index contributed by atoms with van der Waals surface area (Å²) < 4.78 is 5.22. The van der Waals surface area contributed by atoms with Crippen LogP contribution in [0.5, 0.6) is 5.75 Å². The molecule has 0 bridgehead atoms. The zero-order chi connectivity index (χ0) is 12.4. The number of ether oxygens (including phenoxy) is 1. The van der Waals surface area contributed by atoms with Gasteiger partial charge in [-0.3, -0.25) is 0 Å². The van der Waals surface area contributed by atoms with Crippen LogP contribution in [0.25, 0.3) is 11.4 Å². The van der Waals surface area contributed by atoms with Gasteiger partial charge in [-0.1, -0.05) is 12.1 Å². The highest BCUT2D eigenvalue weighted by Crippen LogP contribution is 2.22. The Kier molecular flexibility index (Phi) is 2.94. The van der Waals surface area contributed by atoms with Gasteiger partial charge in [0.2, 0.25) is 0 Å². The molecule has 2 heterocycles. The molecule has 92 valence electrons. The molecule has 1 aromatic carbocycles. The maximum absolute atomic E-state index is 5.22. The predicted octanol–water partition coefficient (Wildman–Crippen LogP) is 1.80. The van der Waals surface area contributed by atoms with Crippen LogP contribution in [0.15, 0.2) is 30.5 Å². The number of benzene rings is 1. The lowest BCUT2D eigenvalue weighted by Gasteiger charge is -2.16. The van der Waals surface area contributed by atoms with Crippen molar-refractivity contribution in [2.24, 2.45) is 0 Å². The minimum absolute atomic E-state index is 0.761. The molecule has 18 heavy (non-hydrogen) atoms. The molecule has 1 N–H and O–H groups in total. The molecule has 0 amide bonds. The molecular formula is C14H15N3O. The van der Waals surface area contributed by atoms with Gasteiger partial charge in [-0.2, -0.15) is 0 Å². The molecule has 1 aliphatic rings. The average molecular weight is 241 g/mol. The highest BCUT2D eigenvalue weighted by Gasteiger charge is 2.12. The van der Waals surface area contributed by atoms with Crippen LogP contribution in [0, 0.1) is 0 Å². The molecule has 0 radical (unpaired) electrons. The summed E-state index contributed by atoms with van der Waals surface area (Å²) in [5.74, 6) is 1.59. The summed E-state index contributed by atoms with van der Waals surface area (Å²) >= 11 is 0. The third-order valence-electron chi connectivity index (χ3n) is 3.15. The minimum Gasteiger partial charge on any atom is -0.497 e. The summed E-state index contributed by atoms with van der Waals surface area (Å²) in [6, 6.07) is 7.83. The molecule has 0 atom stereocenters. The van der Waals surface area contributed by atoms with Gasteiger partial charge in [0.15, 0.2) is 5.82 Å². The van der Waals surface area contributed by atoms with Crippen LogP contribution in [0.4, 0.5) is 0 Å². The number of fused-ring (bicyclic) bond motifs is 1. The van der Waals surface area contributed by atoms with Gasteiger partial charge in [0.25, 0.3) is 0 Å². The van der Waals surface area contributed by atoms with Crippen molar-refractivity contribution in [1.29, 1.82) is 0 Å². The van der Waals surface area contributed by atoms with Gasteiger partial charge in [-0.15, -0.1) is 0 Å². The van der Waals surface area contributed by atoms with Crippen LogP contribution in [0.1, 0.15) is 11.3 Å². The van der Waals surface area contributed by atoms with E-state index in [2.05, 4.69) is 15.3 Å². The Morgan fingerprint density at radius 3 is 3.17 bits per heavy atom. The summed E-state index contributed by atoms with van der Waals surface area (Å²) in [6.07, 6.45) is 2.95. The fourth-order valence-electron chi connectivity index (χ4n) is 2.14. The number of nitrogens with zero attached hydrogens (tertiary/aromatic N) is 2. The molecule has 0 saturated heterocycles. The van der Waals surface area contributed by atoms with Gasteiger partial charge in [-0.25, -0.2) is 9.97 Å². The number of rotatable bonds is 2. The van der Waals surface area contributed by atoms with Crippen molar-refractivity contribution in [1.82, 2.24) is 15.3 Å². The van der Waals surface area contributed by atoms with Crippen molar-refractivity contribution in [2.45, 2.75) is 13.0 Å². The first kappa shape index (κ1) is 11.2. The fraction of sp³-hybridized carbons (Fsp3) is 0.286. The Morgan fingerprint density at radius 1 is 1.33 bits per heavy atom. The Balaban J connectivity index is 2.00. The maximum atomic E-state index is 5.22. The first-order valence-electron chi connectivity index (χ1n) is 6.07. The molecule has 0 spiro atoms. The summed E-state index contributed by atoms with van der Waals surface area (Å²) in [7, 11) is 1.66. The second-order valence-corrected chi connectivity index (χ2v) is 4.32. The number of hydrogen-bond donors (Lipinski definition) is 1. The number of methoxy groups -OCH3 is 1. The normalized spacial score (nSPS) is 14.1. The second kappa shape index (κ2) is 4.74. The minimum atomic E-state index is 0.761. The highest BCUT2D eigenvalue weighted by atomic mass is 16.5. The SMILES string of the molecule is COc1cccc(-c2ncc3c(n2)CNCC3)c1. The standard InChI is InChI=1S/C14H15N3O/c1-18-12-4-2-3-10(7-12)14-16-8-11-5-6-15-9-13(11)17-14/h2-4,7-8,15H,5-6,9H2,1H3. The Bertz CT molecular complexity index is 569. The Hall–Kier alpha value is -1.94. The summed E-state index contributed by atoms with van der Waals surface area (Å²) in [5, 5.41) is 3.33. The first-order chi connectivity index (χ1) is 8.86. The molecule has 1 aromatic heterocycles. The predicted molar refractivity (Wildman–Crippen MR) is 69.4 cm³/mol. The van der Waals surface area contributed by atoms with Crippen LogP contribution < -0.4 is 10.1 Å². The van der Waals surface area contributed by atoms with Crippen molar-refractivity contribution in [2.75, 3.05) is 13.7 Å². The maximum Gasteiger partial charge on any atom is 0.159 e. The van der Waals surface area contributed by atoms with E-state index in [0.717, 1.165) is 42.3 Å². The van der Waals surface area contributed by atoms with E-state index in [1.54, 1.807) is 7.11 Å². The average Bonchev–Trinajstić information content (AvgIpc) is 2.47. The fourth-order valence-corrected chi connectivity index (χ4v) is 2.14. The highest BCUT2D eigenvalue weighted by molar-refractivity contribution is 5.57. The molecule has 4 nitrogen and oxygen atoms in total. The third kappa shape index (κ3) is 2.07. The summed E-state index contributed by atoms with van der Waals surface area (Å²) in [6.45, 7) is 1.84. The van der Waals surface area contributed by atoms with E-state index in [-0.39, 0.29) is 0 Å². The number of nitrogens with one attached hydrogen (secondary N) is 1. The van der Waals surface area contributed by atoms with Crippen molar-refractivity contribution >= 4 is 0 Å². The Morgan fingerprint density at radius 2 is 2.28 bits per heavy atom. The van der Waals surface area contributed by atoms with Crippen molar-refractivity contribution in [3.8, 4) is 17.1 Å². The van der Waals surface area contributed by atoms with Crippen LogP contribution in [-0.2, 0) is 13.0 Å². The van der Waals surface area contributed by atoms with Crippen molar-refractivity contribution < 1.29 is 4.74 Å². The lowest BCUT2D eigenvalue weighted by atomic mass is 10.1.